The molecular formula is C17H34N2O. The van der Waals surface area contributed by atoms with E-state index in [2.05, 4.69) is 31.4 Å². The third-order valence-electron chi connectivity index (χ3n) is 4.25. The number of rotatable bonds is 4. The molecule has 0 radical (unpaired) electrons. The second-order valence-corrected chi connectivity index (χ2v) is 8.42. The molecule has 20 heavy (non-hydrogen) atoms. The summed E-state index contributed by atoms with van der Waals surface area (Å²) in [6, 6.07) is 0.607. The highest BCUT2D eigenvalue weighted by atomic mass is 16.1. The van der Waals surface area contributed by atoms with Gasteiger partial charge in [-0.15, -0.1) is 0 Å². The van der Waals surface area contributed by atoms with Gasteiger partial charge < -0.3 is 10.6 Å². The standard InChI is InChI=1S/C17H34N2O/c1-16(2,3)13-7-9-14(10-8-13)18-12-11-15(20)19-17(4,5)6/h13-14,18H,7-12H2,1-6H3,(H,19,20). The lowest BCUT2D eigenvalue weighted by molar-refractivity contribution is -0.122. The van der Waals surface area contributed by atoms with E-state index in [1.807, 2.05) is 20.8 Å². The Kier molecular flexibility index (Phi) is 6.06. The van der Waals surface area contributed by atoms with Crippen LogP contribution in [0.4, 0.5) is 0 Å². The van der Waals surface area contributed by atoms with Gasteiger partial charge in [0.1, 0.15) is 0 Å². The maximum Gasteiger partial charge on any atom is 0.221 e. The Morgan fingerprint density at radius 3 is 2.00 bits per heavy atom. The van der Waals surface area contributed by atoms with E-state index in [-0.39, 0.29) is 11.4 Å². The number of hydrogen-bond acceptors (Lipinski definition) is 2. The summed E-state index contributed by atoms with van der Waals surface area (Å²) in [5, 5.41) is 6.55. The zero-order valence-corrected chi connectivity index (χ0v) is 14.3. The van der Waals surface area contributed by atoms with E-state index in [9.17, 15) is 4.79 Å². The Balaban J connectivity index is 2.18. The molecule has 0 spiro atoms. The molecule has 0 aliphatic heterocycles. The zero-order chi connectivity index (χ0) is 15.4. The minimum atomic E-state index is -0.123. The van der Waals surface area contributed by atoms with Gasteiger partial charge in [-0.3, -0.25) is 4.79 Å². The summed E-state index contributed by atoms with van der Waals surface area (Å²) in [6.45, 7) is 13.9. The van der Waals surface area contributed by atoms with Gasteiger partial charge in [0.2, 0.25) is 5.91 Å². The van der Waals surface area contributed by atoms with Crippen LogP contribution in [-0.2, 0) is 4.79 Å². The third-order valence-corrected chi connectivity index (χ3v) is 4.25. The highest BCUT2D eigenvalue weighted by molar-refractivity contribution is 5.76. The maximum absolute atomic E-state index is 11.7. The summed E-state index contributed by atoms with van der Waals surface area (Å²) >= 11 is 0. The van der Waals surface area contributed by atoms with Crippen molar-refractivity contribution in [1.82, 2.24) is 10.6 Å². The van der Waals surface area contributed by atoms with Gasteiger partial charge >= 0.3 is 0 Å². The predicted molar refractivity (Wildman–Crippen MR) is 85.7 cm³/mol. The maximum atomic E-state index is 11.7. The molecule has 0 aromatic carbocycles. The van der Waals surface area contributed by atoms with Crippen LogP contribution in [0.15, 0.2) is 0 Å². The van der Waals surface area contributed by atoms with Crippen molar-refractivity contribution in [3.63, 3.8) is 0 Å². The lowest BCUT2D eigenvalue weighted by atomic mass is 9.71. The van der Waals surface area contributed by atoms with E-state index in [1.165, 1.54) is 25.7 Å². The molecule has 0 aromatic rings. The van der Waals surface area contributed by atoms with Crippen molar-refractivity contribution < 1.29 is 4.79 Å². The van der Waals surface area contributed by atoms with E-state index in [0.717, 1.165) is 12.5 Å². The van der Waals surface area contributed by atoms with E-state index in [0.29, 0.717) is 17.9 Å². The van der Waals surface area contributed by atoms with Crippen LogP contribution in [0.5, 0.6) is 0 Å². The molecule has 3 nitrogen and oxygen atoms in total. The van der Waals surface area contributed by atoms with E-state index in [4.69, 9.17) is 0 Å². The van der Waals surface area contributed by atoms with Gasteiger partial charge in [0, 0.05) is 24.5 Å². The van der Waals surface area contributed by atoms with Crippen LogP contribution in [0.25, 0.3) is 0 Å². The molecule has 0 atom stereocenters. The highest BCUT2D eigenvalue weighted by Crippen LogP contribution is 2.37. The van der Waals surface area contributed by atoms with Crippen molar-refractivity contribution >= 4 is 5.91 Å². The van der Waals surface area contributed by atoms with E-state index >= 15 is 0 Å². The molecule has 0 heterocycles. The Morgan fingerprint density at radius 1 is 1.00 bits per heavy atom. The summed E-state index contributed by atoms with van der Waals surface area (Å²) < 4.78 is 0. The van der Waals surface area contributed by atoms with E-state index in [1.54, 1.807) is 0 Å². The Morgan fingerprint density at radius 2 is 1.55 bits per heavy atom. The predicted octanol–water partition coefficient (Wildman–Crippen LogP) is 3.49. The number of carbonyl (C=O) groups is 1. The van der Waals surface area contributed by atoms with Gasteiger partial charge in [0.15, 0.2) is 0 Å². The Labute approximate surface area is 125 Å². The summed E-state index contributed by atoms with van der Waals surface area (Å²) in [6.07, 6.45) is 5.72. The van der Waals surface area contributed by atoms with Crippen molar-refractivity contribution in [2.24, 2.45) is 11.3 Å². The molecule has 1 aliphatic carbocycles. The quantitative estimate of drug-likeness (QED) is 0.829. The summed E-state index contributed by atoms with van der Waals surface area (Å²) in [4.78, 5) is 11.7. The molecule has 3 heteroatoms. The van der Waals surface area contributed by atoms with Gasteiger partial charge in [-0.1, -0.05) is 20.8 Å². The number of amides is 1. The second-order valence-electron chi connectivity index (χ2n) is 8.42. The molecule has 2 N–H and O–H groups in total. The fourth-order valence-corrected chi connectivity index (χ4v) is 3.03. The second kappa shape index (κ2) is 6.93. The molecule has 0 unspecified atom stereocenters. The molecule has 118 valence electrons. The summed E-state index contributed by atoms with van der Waals surface area (Å²) in [5.74, 6) is 0.998. The van der Waals surface area contributed by atoms with Crippen molar-refractivity contribution in [2.75, 3.05) is 6.54 Å². The van der Waals surface area contributed by atoms with Crippen LogP contribution in [0.2, 0.25) is 0 Å². The topological polar surface area (TPSA) is 41.1 Å². The van der Waals surface area contributed by atoms with Crippen LogP contribution in [0, 0.1) is 11.3 Å². The van der Waals surface area contributed by atoms with Crippen LogP contribution in [-0.4, -0.2) is 24.0 Å². The van der Waals surface area contributed by atoms with Crippen LogP contribution in [0.3, 0.4) is 0 Å². The number of nitrogens with one attached hydrogen (secondary N) is 2. The molecule has 1 rings (SSSR count). The first-order valence-electron chi connectivity index (χ1n) is 8.12. The van der Waals surface area contributed by atoms with E-state index < -0.39 is 0 Å². The first-order chi connectivity index (χ1) is 9.08. The van der Waals surface area contributed by atoms with Crippen LogP contribution < -0.4 is 10.6 Å². The minimum absolute atomic E-state index is 0.123. The normalized spacial score (nSPS) is 24.5. The Bertz CT molecular complexity index is 304. The first kappa shape index (κ1) is 17.5. The van der Waals surface area contributed by atoms with Gasteiger partial charge in [-0.25, -0.2) is 0 Å². The molecule has 0 bridgehead atoms. The molecular weight excluding hydrogens is 248 g/mol. The van der Waals surface area contributed by atoms with Crippen molar-refractivity contribution in [1.29, 1.82) is 0 Å². The summed E-state index contributed by atoms with van der Waals surface area (Å²) in [7, 11) is 0. The van der Waals surface area contributed by atoms with Gasteiger partial charge in [0.05, 0.1) is 0 Å². The SMILES string of the molecule is CC(C)(C)NC(=O)CCNC1CCC(C(C)(C)C)CC1. The minimum Gasteiger partial charge on any atom is -0.351 e. The molecule has 1 amide bonds. The molecule has 1 fully saturated rings. The fourth-order valence-electron chi connectivity index (χ4n) is 3.03. The van der Waals surface area contributed by atoms with Crippen LogP contribution >= 0.6 is 0 Å². The monoisotopic (exact) mass is 282 g/mol. The van der Waals surface area contributed by atoms with Crippen molar-refractivity contribution in [2.45, 2.75) is 85.2 Å². The van der Waals surface area contributed by atoms with Gasteiger partial charge in [0.25, 0.3) is 0 Å². The van der Waals surface area contributed by atoms with Gasteiger partial charge in [-0.05, 0) is 57.8 Å². The molecule has 1 saturated carbocycles. The number of carbonyl (C=O) groups excluding carboxylic acids is 1. The van der Waals surface area contributed by atoms with Crippen LogP contribution in [0.1, 0.15) is 73.6 Å². The molecule has 0 saturated heterocycles. The number of hydrogen-bond donors (Lipinski definition) is 2. The lowest BCUT2D eigenvalue weighted by Crippen LogP contribution is -2.43. The average molecular weight is 282 g/mol. The third kappa shape index (κ3) is 6.74. The molecule has 1 aliphatic rings. The van der Waals surface area contributed by atoms with Crippen molar-refractivity contribution in [3.8, 4) is 0 Å². The first-order valence-corrected chi connectivity index (χ1v) is 8.12. The zero-order valence-electron chi connectivity index (χ0n) is 14.3. The summed E-state index contributed by atoms with van der Waals surface area (Å²) in [5.41, 5.74) is 0.319. The Hall–Kier alpha value is -0.570. The van der Waals surface area contributed by atoms with Gasteiger partial charge in [-0.2, -0.15) is 0 Å². The largest absolute Gasteiger partial charge is 0.351 e. The average Bonchev–Trinajstić information content (AvgIpc) is 2.26. The fraction of sp³-hybridized carbons (Fsp3) is 0.941. The highest BCUT2D eigenvalue weighted by Gasteiger charge is 2.29. The lowest BCUT2D eigenvalue weighted by Gasteiger charge is -2.37. The van der Waals surface area contributed by atoms with Crippen molar-refractivity contribution in [3.05, 3.63) is 0 Å². The molecule has 0 aromatic heterocycles. The smallest absolute Gasteiger partial charge is 0.221 e.